The first kappa shape index (κ1) is 19.1. The molecule has 2 aromatic rings. The van der Waals surface area contributed by atoms with Crippen molar-refractivity contribution in [3.63, 3.8) is 0 Å². The minimum Gasteiger partial charge on any atom is -0.341 e. The lowest BCUT2D eigenvalue weighted by molar-refractivity contribution is -0.134. The monoisotopic (exact) mass is 388 g/mol. The Bertz CT molecular complexity index is 963. The van der Waals surface area contributed by atoms with Gasteiger partial charge in [-0.2, -0.15) is 5.26 Å². The van der Waals surface area contributed by atoms with Gasteiger partial charge in [0.15, 0.2) is 0 Å². The second-order valence-electron chi connectivity index (χ2n) is 8.15. The molecular weight excluding hydrogens is 364 g/mol. The molecule has 2 aliphatic rings. The Labute approximate surface area is 170 Å². The standard InChI is InChI=1S/C23H24N4O2/c1-16(22(29)27-11-9-23(7-8-23)10-12-27)26-21(28)19-5-6-20(25-15-19)18-4-2-3-17(13-18)14-24/h2-6,13,15-16H,7-12H2,1H3,(H,26,28)/t16-/m1/s1. The number of pyridine rings is 1. The normalized spacial score (nSPS) is 18.0. The quantitative estimate of drug-likeness (QED) is 0.872. The number of nitriles is 1. The molecule has 1 saturated carbocycles. The lowest BCUT2D eigenvalue weighted by Crippen LogP contribution is -2.49. The van der Waals surface area contributed by atoms with Crippen molar-refractivity contribution in [1.29, 1.82) is 5.26 Å². The van der Waals surface area contributed by atoms with Gasteiger partial charge in [0, 0.05) is 24.8 Å². The van der Waals surface area contributed by atoms with Crippen molar-refractivity contribution in [2.75, 3.05) is 13.1 Å². The highest BCUT2D eigenvalue weighted by molar-refractivity contribution is 5.97. The molecule has 1 aromatic heterocycles. The Hall–Kier alpha value is -3.20. The third kappa shape index (κ3) is 4.14. The van der Waals surface area contributed by atoms with Crippen LogP contribution in [0.15, 0.2) is 42.6 Å². The maximum Gasteiger partial charge on any atom is 0.253 e. The Balaban J connectivity index is 1.36. The first-order valence-electron chi connectivity index (χ1n) is 10.1. The Kier molecular flexibility index (Phi) is 5.06. The summed E-state index contributed by atoms with van der Waals surface area (Å²) in [7, 11) is 0. The van der Waals surface area contributed by atoms with E-state index in [1.165, 1.54) is 19.0 Å². The molecule has 1 atom stereocenters. The predicted octanol–water partition coefficient (Wildman–Crippen LogP) is 3.14. The molecule has 1 aliphatic carbocycles. The van der Waals surface area contributed by atoms with E-state index in [4.69, 9.17) is 5.26 Å². The molecule has 1 N–H and O–H groups in total. The van der Waals surface area contributed by atoms with Crippen LogP contribution in [0.3, 0.4) is 0 Å². The van der Waals surface area contributed by atoms with Crippen molar-refractivity contribution < 1.29 is 9.59 Å². The fraction of sp³-hybridized carbons (Fsp3) is 0.391. The van der Waals surface area contributed by atoms with Gasteiger partial charge in [0.05, 0.1) is 22.9 Å². The molecule has 2 heterocycles. The van der Waals surface area contributed by atoms with Gasteiger partial charge in [-0.1, -0.05) is 12.1 Å². The molecule has 2 fully saturated rings. The van der Waals surface area contributed by atoms with Gasteiger partial charge in [-0.15, -0.1) is 0 Å². The summed E-state index contributed by atoms with van der Waals surface area (Å²) in [4.78, 5) is 31.4. The van der Waals surface area contributed by atoms with Gasteiger partial charge >= 0.3 is 0 Å². The van der Waals surface area contributed by atoms with Gasteiger partial charge in [-0.25, -0.2) is 0 Å². The maximum absolute atomic E-state index is 12.7. The molecule has 2 amide bonds. The minimum atomic E-state index is -0.567. The van der Waals surface area contributed by atoms with Crippen molar-refractivity contribution in [1.82, 2.24) is 15.2 Å². The molecule has 4 rings (SSSR count). The fourth-order valence-corrected chi connectivity index (χ4v) is 3.94. The van der Waals surface area contributed by atoms with Crippen LogP contribution in [0.2, 0.25) is 0 Å². The topological polar surface area (TPSA) is 86.1 Å². The van der Waals surface area contributed by atoms with Crippen LogP contribution in [0.5, 0.6) is 0 Å². The van der Waals surface area contributed by atoms with Gasteiger partial charge in [-0.3, -0.25) is 14.6 Å². The van der Waals surface area contributed by atoms with Gasteiger partial charge in [0.2, 0.25) is 5.91 Å². The molecule has 0 radical (unpaired) electrons. The van der Waals surface area contributed by atoms with Gasteiger partial charge in [0.1, 0.15) is 6.04 Å². The molecule has 1 spiro atoms. The van der Waals surface area contributed by atoms with Crippen LogP contribution in [0.4, 0.5) is 0 Å². The number of nitrogens with zero attached hydrogens (tertiary/aromatic N) is 3. The zero-order chi connectivity index (χ0) is 20.4. The summed E-state index contributed by atoms with van der Waals surface area (Å²) in [5.74, 6) is -0.335. The number of piperidine rings is 1. The smallest absolute Gasteiger partial charge is 0.253 e. The Morgan fingerprint density at radius 1 is 1.17 bits per heavy atom. The molecule has 148 valence electrons. The zero-order valence-corrected chi connectivity index (χ0v) is 16.5. The first-order chi connectivity index (χ1) is 14.0. The summed E-state index contributed by atoms with van der Waals surface area (Å²) >= 11 is 0. The molecule has 6 nitrogen and oxygen atoms in total. The van der Waals surface area contributed by atoms with E-state index in [-0.39, 0.29) is 11.8 Å². The zero-order valence-electron chi connectivity index (χ0n) is 16.5. The van der Waals surface area contributed by atoms with E-state index >= 15 is 0 Å². The van der Waals surface area contributed by atoms with Crippen molar-refractivity contribution in [3.05, 3.63) is 53.7 Å². The average molecular weight is 388 g/mol. The number of rotatable bonds is 4. The fourth-order valence-electron chi connectivity index (χ4n) is 3.94. The lowest BCUT2D eigenvalue weighted by Gasteiger charge is -2.33. The third-order valence-electron chi connectivity index (χ3n) is 6.12. The van der Waals surface area contributed by atoms with Gasteiger partial charge < -0.3 is 10.2 Å². The third-order valence-corrected chi connectivity index (χ3v) is 6.12. The van der Waals surface area contributed by atoms with E-state index in [1.807, 2.05) is 11.0 Å². The van der Waals surface area contributed by atoms with Crippen LogP contribution in [0, 0.1) is 16.7 Å². The van der Waals surface area contributed by atoms with E-state index < -0.39 is 6.04 Å². The average Bonchev–Trinajstić information content (AvgIpc) is 3.52. The van der Waals surface area contributed by atoms with Crippen LogP contribution in [0.25, 0.3) is 11.3 Å². The summed E-state index contributed by atoms with van der Waals surface area (Å²) in [6, 6.07) is 12.1. The number of likely N-dealkylation sites (tertiary alicyclic amines) is 1. The lowest BCUT2D eigenvalue weighted by atomic mass is 9.93. The molecule has 1 aliphatic heterocycles. The summed E-state index contributed by atoms with van der Waals surface area (Å²) in [5, 5.41) is 11.8. The minimum absolute atomic E-state index is 0.0215. The second-order valence-corrected chi connectivity index (χ2v) is 8.15. The van der Waals surface area contributed by atoms with Crippen molar-refractivity contribution in [2.24, 2.45) is 5.41 Å². The molecular formula is C23H24N4O2. The van der Waals surface area contributed by atoms with Crippen molar-refractivity contribution in [3.8, 4) is 17.3 Å². The summed E-state index contributed by atoms with van der Waals surface area (Å²) in [6.07, 6.45) is 6.25. The summed E-state index contributed by atoms with van der Waals surface area (Å²) in [6.45, 7) is 3.31. The number of benzene rings is 1. The molecule has 1 saturated heterocycles. The van der Waals surface area contributed by atoms with Crippen molar-refractivity contribution in [2.45, 2.75) is 38.6 Å². The van der Waals surface area contributed by atoms with E-state index in [0.717, 1.165) is 31.5 Å². The number of aromatic nitrogens is 1. The number of hydrogen-bond acceptors (Lipinski definition) is 4. The highest BCUT2D eigenvalue weighted by Crippen LogP contribution is 2.53. The van der Waals surface area contributed by atoms with E-state index in [2.05, 4.69) is 16.4 Å². The van der Waals surface area contributed by atoms with E-state index in [0.29, 0.717) is 22.2 Å². The van der Waals surface area contributed by atoms with Crippen LogP contribution in [-0.2, 0) is 4.79 Å². The molecule has 0 unspecified atom stereocenters. The number of carbonyl (C=O) groups is 2. The summed E-state index contributed by atoms with van der Waals surface area (Å²) in [5.41, 5.74) is 2.98. The molecule has 0 bridgehead atoms. The van der Waals surface area contributed by atoms with Crippen molar-refractivity contribution >= 4 is 11.8 Å². The van der Waals surface area contributed by atoms with E-state index in [9.17, 15) is 9.59 Å². The number of carbonyl (C=O) groups excluding carboxylic acids is 2. The van der Waals surface area contributed by atoms with E-state index in [1.54, 1.807) is 37.3 Å². The predicted molar refractivity (Wildman–Crippen MR) is 109 cm³/mol. The Morgan fingerprint density at radius 3 is 2.55 bits per heavy atom. The Morgan fingerprint density at radius 2 is 1.93 bits per heavy atom. The highest BCUT2D eigenvalue weighted by Gasteiger charge is 2.45. The van der Waals surface area contributed by atoms with Crippen LogP contribution >= 0.6 is 0 Å². The molecule has 6 heteroatoms. The molecule has 1 aromatic carbocycles. The maximum atomic E-state index is 12.7. The highest BCUT2D eigenvalue weighted by atomic mass is 16.2. The number of amides is 2. The van der Waals surface area contributed by atoms with Crippen LogP contribution in [-0.4, -0.2) is 40.8 Å². The number of nitrogens with one attached hydrogen (secondary N) is 1. The largest absolute Gasteiger partial charge is 0.341 e. The van der Waals surface area contributed by atoms with Crippen LogP contribution in [0.1, 0.15) is 48.5 Å². The molecule has 29 heavy (non-hydrogen) atoms. The first-order valence-corrected chi connectivity index (χ1v) is 10.1. The van der Waals surface area contributed by atoms with Crippen LogP contribution < -0.4 is 5.32 Å². The van der Waals surface area contributed by atoms with Gasteiger partial charge in [0.25, 0.3) is 5.91 Å². The second kappa shape index (κ2) is 7.67. The SMILES string of the molecule is C[C@@H](NC(=O)c1ccc(-c2cccc(C#N)c2)nc1)C(=O)N1CCC2(CC1)CC2. The van der Waals surface area contributed by atoms with Gasteiger partial charge in [-0.05, 0) is 62.3 Å². The number of hydrogen-bond donors (Lipinski definition) is 1. The summed E-state index contributed by atoms with van der Waals surface area (Å²) < 4.78 is 0.